The summed E-state index contributed by atoms with van der Waals surface area (Å²) in [5.74, 6) is -0.602. The van der Waals surface area contributed by atoms with Crippen molar-refractivity contribution in [1.82, 2.24) is 4.90 Å². The van der Waals surface area contributed by atoms with Crippen LogP contribution in [0.4, 0.5) is 0 Å². The van der Waals surface area contributed by atoms with Crippen LogP contribution in [0.1, 0.15) is 23.2 Å². The van der Waals surface area contributed by atoms with Gasteiger partial charge in [0.05, 0.1) is 7.11 Å². The number of hydrogen-bond donors (Lipinski definition) is 1. The number of nitrogens with zero attached hydrogens (tertiary/aromatic N) is 1. The van der Waals surface area contributed by atoms with Gasteiger partial charge in [-0.2, -0.15) is 0 Å². The number of methoxy groups -OCH3 is 1. The molecule has 0 saturated carbocycles. The Morgan fingerprint density at radius 3 is 2.89 bits per heavy atom. The largest absolute Gasteiger partial charge is 0.508 e. The van der Waals surface area contributed by atoms with E-state index in [2.05, 4.69) is 0 Å². The average Bonchev–Trinajstić information content (AvgIpc) is 2.86. The molecule has 18 heavy (non-hydrogen) atoms. The molecule has 0 aromatic heterocycles. The molecule has 0 spiro atoms. The Balaban J connectivity index is 2.20. The van der Waals surface area contributed by atoms with Crippen LogP contribution in [0.2, 0.25) is 0 Å². The van der Waals surface area contributed by atoms with Gasteiger partial charge in [-0.25, -0.2) is 4.79 Å². The SMILES string of the molecule is COC(=O)C1CCCN1C(=O)c1cccc(O)c1. The number of phenolic OH excluding ortho intramolecular Hbond substituents is 1. The zero-order valence-electron chi connectivity index (χ0n) is 10.1. The molecule has 5 nitrogen and oxygen atoms in total. The summed E-state index contributed by atoms with van der Waals surface area (Å²) in [6.45, 7) is 0.536. The summed E-state index contributed by atoms with van der Waals surface area (Å²) < 4.78 is 4.69. The van der Waals surface area contributed by atoms with Crippen molar-refractivity contribution in [2.24, 2.45) is 0 Å². The molecule has 1 aliphatic heterocycles. The Hall–Kier alpha value is -2.04. The van der Waals surface area contributed by atoms with E-state index in [0.717, 1.165) is 6.42 Å². The first-order chi connectivity index (χ1) is 8.63. The minimum Gasteiger partial charge on any atom is -0.508 e. The van der Waals surface area contributed by atoms with E-state index in [0.29, 0.717) is 18.5 Å². The van der Waals surface area contributed by atoms with Crippen molar-refractivity contribution in [2.45, 2.75) is 18.9 Å². The molecule has 1 atom stereocenters. The molecule has 0 bridgehead atoms. The smallest absolute Gasteiger partial charge is 0.328 e. The molecule has 1 unspecified atom stereocenters. The van der Waals surface area contributed by atoms with Gasteiger partial charge in [0.2, 0.25) is 0 Å². The number of ether oxygens (including phenoxy) is 1. The summed E-state index contributed by atoms with van der Waals surface area (Å²) in [5, 5.41) is 9.36. The number of rotatable bonds is 2. The molecule has 1 aromatic rings. The van der Waals surface area contributed by atoms with Crippen LogP contribution >= 0.6 is 0 Å². The Kier molecular flexibility index (Phi) is 3.50. The van der Waals surface area contributed by atoms with E-state index in [9.17, 15) is 14.7 Å². The van der Waals surface area contributed by atoms with Gasteiger partial charge in [-0.15, -0.1) is 0 Å². The summed E-state index contributed by atoms with van der Waals surface area (Å²) in [5.41, 5.74) is 0.380. The molecular formula is C13H15NO4. The van der Waals surface area contributed by atoms with Crippen LogP contribution in [0.25, 0.3) is 0 Å². The number of likely N-dealkylation sites (tertiary alicyclic amines) is 1. The monoisotopic (exact) mass is 249 g/mol. The first kappa shape index (κ1) is 12.4. The number of benzene rings is 1. The summed E-state index contributed by atoms with van der Waals surface area (Å²) in [7, 11) is 1.32. The molecule has 1 N–H and O–H groups in total. The molecule has 1 amide bonds. The first-order valence-electron chi connectivity index (χ1n) is 5.81. The summed E-state index contributed by atoms with van der Waals surface area (Å²) in [6.07, 6.45) is 1.40. The molecule has 1 aliphatic rings. The highest BCUT2D eigenvalue weighted by molar-refractivity contribution is 5.97. The highest BCUT2D eigenvalue weighted by Gasteiger charge is 2.35. The van der Waals surface area contributed by atoms with Gasteiger partial charge in [0.15, 0.2) is 0 Å². The van der Waals surface area contributed by atoms with Crippen molar-refractivity contribution < 1.29 is 19.4 Å². The molecule has 1 aromatic carbocycles. The number of carbonyl (C=O) groups excluding carboxylic acids is 2. The fourth-order valence-electron chi connectivity index (χ4n) is 2.20. The number of carbonyl (C=O) groups is 2. The van der Waals surface area contributed by atoms with E-state index in [1.54, 1.807) is 12.1 Å². The first-order valence-corrected chi connectivity index (χ1v) is 5.81. The van der Waals surface area contributed by atoms with Gasteiger partial charge in [-0.3, -0.25) is 4.79 Å². The number of aromatic hydroxyl groups is 1. The number of amides is 1. The minimum absolute atomic E-state index is 0.0367. The van der Waals surface area contributed by atoms with Gasteiger partial charge in [-0.05, 0) is 31.0 Å². The maximum Gasteiger partial charge on any atom is 0.328 e. The average molecular weight is 249 g/mol. The number of hydrogen-bond acceptors (Lipinski definition) is 4. The zero-order chi connectivity index (χ0) is 13.1. The van der Waals surface area contributed by atoms with E-state index in [4.69, 9.17) is 4.74 Å². The molecule has 1 fully saturated rings. The second kappa shape index (κ2) is 5.08. The lowest BCUT2D eigenvalue weighted by Crippen LogP contribution is -2.41. The van der Waals surface area contributed by atoms with Crippen molar-refractivity contribution in [3.8, 4) is 5.75 Å². The lowest BCUT2D eigenvalue weighted by Gasteiger charge is -2.22. The highest BCUT2D eigenvalue weighted by atomic mass is 16.5. The number of phenols is 1. The predicted molar refractivity (Wildman–Crippen MR) is 64.2 cm³/mol. The van der Waals surface area contributed by atoms with Gasteiger partial charge in [0.25, 0.3) is 5.91 Å². The molecule has 0 radical (unpaired) electrons. The highest BCUT2D eigenvalue weighted by Crippen LogP contribution is 2.22. The van der Waals surface area contributed by atoms with Gasteiger partial charge >= 0.3 is 5.97 Å². The molecule has 96 valence electrons. The number of esters is 1. The van der Waals surface area contributed by atoms with E-state index >= 15 is 0 Å². The zero-order valence-corrected chi connectivity index (χ0v) is 10.1. The van der Waals surface area contributed by atoms with Crippen LogP contribution in [0, 0.1) is 0 Å². The van der Waals surface area contributed by atoms with Crippen LogP contribution < -0.4 is 0 Å². The van der Waals surface area contributed by atoms with Gasteiger partial charge in [-0.1, -0.05) is 6.07 Å². The van der Waals surface area contributed by atoms with Crippen molar-refractivity contribution in [3.63, 3.8) is 0 Å². The Bertz CT molecular complexity index is 472. The van der Waals surface area contributed by atoms with Crippen molar-refractivity contribution in [1.29, 1.82) is 0 Å². The van der Waals surface area contributed by atoms with E-state index in [1.165, 1.54) is 24.1 Å². The second-order valence-corrected chi connectivity index (χ2v) is 4.23. The summed E-state index contributed by atoms with van der Waals surface area (Å²) in [4.78, 5) is 25.3. The van der Waals surface area contributed by atoms with Crippen LogP contribution in [-0.4, -0.2) is 41.6 Å². The minimum atomic E-state index is -0.509. The van der Waals surface area contributed by atoms with Gasteiger partial charge < -0.3 is 14.7 Å². The fourth-order valence-corrected chi connectivity index (χ4v) is 2.20. The third-order valence-electron chi connectivity index (χ3n) is 3.08. The quantitative estimate of drug-likeness (QED) is 0.799. The van der Waals surface area contributed by atoms with Crippen LogP contribution in [0.3, 0.4) is 0 Å². The Labute approximate surface area is 105 Å². The van der Waals surface area contributed by atoms with Crippen molar-refractivity contribution >= 4 is 11.9 Å². The molecule has 0 aliphatic carbocycles. The van der Waals surface area contributed by atoms with Crippen molar-refractivity contribution in [2.75, 3.05) is 13.7 Å². The molecular weight excluding hydrogens is 234 g/mol. The molecule has 5 heteroatoms. The lowest BCUT2D eigenvalue weighted by atomic mass is 10.1. The van der Waals surface area contributed by atoms with Crippen molar-refractivity contribution in [3.05, 3.63) is 29.8 Å². The Morgan fingerprint density at radius 1 is 1.44 bits per heavy atom. The standard InChI is InChI=1S/C13H15NO4/c1-18-13(17)11-6-3-7-14(11)12(16)9-4-2-5-10(15)8-9/h2,4-5,8,11,15H,3,6-7H2,1H3. The maximum atomic E-state index is 12.2. The maximum absolute atomic E-state index is 12.2. The van der Waals surface area contributed by atoms with Crippen LogP contribution in [0.15, 0.2) is 24.3 Å². The topological polar surface area (TPSA) is 66.8 Å². The lowest BCUT2D eigenvalue weighted by molar-refractivity contribution is -0.145. The summed E-state index contributed by atoms with van der Waals surface area (Å²) >= 11 is 0. The van der Waals surface area contributed by atoms with Crippen LogP contribution in [0.5, 0.6) is 5.75 Å². The van der Waals surface area contributed by atoms with Gasteiger partial charge in [0.1, 0.15) is 11.8 Å². The van der Waals surface area contributed by atoms with Crippen LogP contribution in [-0.2, 0) is 9.53 Å². The summed E-state index contributed by atoms with van der Waals surface area (Å²) in [6, 6.07) is 5.61. The fraction of sp³-hybridized carbons (Fsp3) is 0.385. The van der Waals surface area contributed by atoms with E-state index in [-0.39, 0.29) is 17.6 Å². The van der Waals surface area contributed by atoms with Gasteiger partial charge in [0, 0.05) is 12.1 Å². The molecule has 1 heterocycles. The predicted octanol–water partition coefficient (Wildman–Crippen LogP) is 1.17. The Morgan fingerprint density at radius 2 is 2.22 bits per heavy atom. The normalized spacial score (nSPS) is 18.7. The third-order valence-corrected chi connectivity index (χ3v) is 3.08. The van der Waals surface area contributed by atoms with E-state index in [1.807, 2.05) is 0 Å². The molecule has 2 rings (SSSR count). The second-order valence-electron chi connectivity index (χ2n) is 4.23. The third kappa shape index (κ3) is 2.30. The molecule has 1 saturated heterocycles. The van der Waals surface area contributed by atoms with E-state index < -0.39 is 6.04 Å².